The van der Waals surface area contributed by atoms with Crippen LogP contribution in [0.1, 0.15) is 25.0 Å². The van der Waals surface area contributed by atoms with Crippen molar-refractivity contribution in [2.75, 3.05) is 0 Å². The van der Waals surface area contributed by atoms with Crippen LogP contribution in [0, 0.1) is 0 Å². The van der Waals surface area contributed by atoms with Gasteiger partial charge in [0.05, 0.1) is 0 Å². The molecule has 41 heavy (non-hydrogen) atoms. The average molecular weight is 521 g/mol. The molecule has 7 aromatic carbocycles. The van der Waals surface area contributed by atoms with Gasteiger partial charge in [0, 0.05) is 5.41 Å². The molecule has 192 valence electrons. The summed E-state index contributed by atoms with van der Waals surface area (Å²) in [6.07, 6.45) is 0. The summed E-state index contributed by atoms with van der Waals surface area (Å²) in [6.45, 7) is 4.71. The molecule has 0 nitrogen and oxygen atoms in total. The highest BCUT2D eigenvalue weighted by Crippen LogP contribution is 2.52. The largest absolute Gasteiger partial charge is 0.0619 e. The first-order valence-electron chi connectivity index (χ1n) is 14.5. The maximum absolute atomic E-state index is 2.43. The second kappa shape index (κ2) is 8.05. The molecule has 0 bridgehead atoms. The monoisotopic (exact) mass is 520 g/mol. The standard InChI is InChI=1S/C41H28/c1-41(2)38-13-6-5-10-32(38)33-19-17-28(24-39(33)41)27-16-18-31-36-21-20-30(29-15-14-25-8-3-4-9-26(25)22-29)34-11-7-12-35(40(34)36)37(31)23-27/h3-24H,1-2H3. The van der Waals surface area contributed by atoms with Crippen molar-refractivity contribution in [1.82, 2.24) is 0 Å². The molecule has 0 fully saturated rings. The van der Waals surface area contributed by atoms with Gasteiger partial charge in [0.15, 0.2) is 0 Å². The lowest BCUT2D eigenvalue weighted by Crippen LogP contribution is -2.14. The molecule has 2 aliphatic rings. The van der Waals surface area contributed by atoms with Crippen LogP contribution in [0.3, 0.4) is 0 Å². The Labute approximate surface area is 240 Å². The van der Waals surface area contributed by atoms with E-state index in [2.05, 4.69) is 147 Å². The molecule has 0 saturated heterocycles. The molecule has 0 atom stereocenters. The number of rotatable bonds is 2. The maximum atomic E-state index is 2.43. The lowest BCUT2D eigenvalue weighted by molar-refractivity contribution is 0.660. The number of hydrogen-bond acceptors (Lipinski definition) is 0. The minimum atomic E-state index is -0.000339. The van der Waals surface area contributed by atoms with E-state index in [0.717, 1.165) is 0 Å². The van der Waals surface area contributed by atoms with Gasteiger partial charge in [-0.1, -0.05) is 129 Å². The lowest BCUT2D eigenvalue weighted by Gasteiger charge is -2.22. The van der Waals surface area contributed by atoms with Gasteiger partial charge in [0.2, 0.25) is 0 Å². The molecule has 0 spiro atoms. The minimum Gasteiger partial charge on any atom is -0.0619 e. The Morgan fingerprint density at radius 1 is 0.366 bits per heavy atom. The van der Waals surface area contributed by atoms with Gasteiger partial charge in [-0.15, -0.1) is 0 Å². The van der Waals surface area contributed by atoms with Crippen LogP contribution in [0.25, 0.3) is 77.2 Å². The zero-order valence-corrected chi connectivity index (χ0v) is 23.2. The second-order valence-corrected chi connectivity index (χ2v) is 12.1. The van der Waals surface area contributed by atoms with Gasteiger partial charge in [0.25, 0.3) is 0 Å². The summed E-state index contributed by atoms with van der Waals surface area (Å²) in [5.41, 5.74) is 16.1. The van der Waals surface area contributed by atoms with Gasteiger partial charge in [-0.2, -0.15) is 0 Å². The molecule has 0 heteroatoms. The second-order valence-electron chi connectivity index (χ2n) is 12.1. The predicted molar refractivity (Wildman–Crippen MR) is 174 cm³/mol. The number of benzene rings is 7. The van der Waals surface area contributed by atoms with Crippen molar-refractivity contribution in [3.05, 3.63) is 145 Å². The predicted octanol–water partition coefficient (Wildman–Crippen LogP) is 11.3. The first-order valence-corrected chi connectivity index (χ1v) is 14.5. The van der Waals surface area contributed by atoms with Crippen LogP contribution in [0.5, 0.6) is 0 Å². The van der Waals surface area contributed by atoms with Crippen LogP contribution < -0.4 is 0 Å². The first-order chi connectivity index (χ1) is 20.1. The van der Waals surface area contributed by atoms with E-state index in [1.54, 1.807) is 0 Å². The van der Waals surface area contributed by atoms with Crippen molar-refractivity contribution >= 4 is 21.5 Å². The van der Waals surface area contributed by atoms with Crippen LogP contribution in [0.15, 0.2) is 133 Å². The quantitative estimate of drug-likeness (QED) is 0.213. The van der Waals surface area contributed by atoms with E-state index in [0.29, 0.717) is 0 Å². The Morgan fingerprint density at radius 3 is 1.90 bits per heavy atom. The Bertz CT molecular complexity index is 2230. The molecule has 0 unspecified atom stereocenters. The average Bonchev–Trinajstić information content (AvgIpc) is 3.46. The fraction of sp³-hybridized carbons (Fsp3) is 0.0732. The molecule has 0 heterocycles. The van der Waals surface area contributed by atoms with Gasteiger partial charge in [-0.3, -0.25) is 0 Å². The summed E-state index contributed by atoms with van der Waals surface area (Å²) in [7, 11) is 0. The normalized spacial score (nSPS) is 13.8. The van der Waals surface area contributed by atoms with Crippen molar-refractivity contribution in [3.8, 4) is 55.6 Å². The fourth-order valence-electron chi connectivity index (χ4n) is 7.53. The third kappa shape index (κ3) is 3.11. The minimum absolute atomic E-state index is 0.000339. The summed E-state index contributed by atoms with van der Waals surface area (Å²) in [4.78, 5) is 0. The van der Waals surface area contributed by atoms with Crippen molar-refractivity contribution in [1.29, 1.82) is 0 Å². The van der Waals surface area contributed by atoms with Gasteiger partial charge in [0.1, 0.15) is 0 Å². The molecule has 0 saturated carbocycles. The maximum Gasteiger partial charge on any atom is 0.0159 e. The molecule has 2 aliphatic carbocycles. The molecular formula is C41H28. The van der Waals surface area contributed by atoms with E-state index >= 15 is 0 Å². The van der Waals surface area contributed by atoms with E-state index in [1.807, 2.05) is 0 Å². The highest BCUT2D eigenvalue weighted by Gasteiger charge is 2.35. The van der Waals surface area contributed by atoms with Crippen molar-refractivity contribution < 1.29 is 0 Å². The summed E-state index contributed by atoms with van der Waals surface area (Å²) >= 11 is 0. The fourth-order valence-corrected chi connectivity index (χ4v) is 7.53. The zero-order valence-electron chi connectivity index (χ0n) is 23.2. The van der Waals surface area contributed by atoms with E-state index in [9.17, 15) is 0 Å². The van der Waals surface area contributed by atoms with Gasteiger partial charge in [-0.25, -0.2) is 0 Å². The van der Waals surface area contributed by atoms with Crippen LogP contribution in [0.2, 0.25) is 0 Å². The molecule has 0 radical (unpaired) electrons. The Hall–Kier alpha value is -4.94. The summed E-state index contributed by atoms with van der Waals surface area (Å²) in [5.74, 6) is 0. The molecule has 0 amide bonds. The van der Waals surface area contributed by atoms with Crippen LogP contribution in [-0.4, -0.2) is 0 Å². The first kappa shape index (κ1) is 22.8. The molecule has 9 rings (SSSR count). The lowest BCUT2D eigenvalue weighted by atomic mass is 9.81. The van der Waals surface area contributed by atoms with Gasteiger partial charge < -0.3 is 0 Å². The highest BCUT2D eigenvalue weighted by molar-refractivity contribution is 6.19. The zero-order chi connectivity index (χ0) is 27.3. The Balaban J connectivity index is 1.18. The van der Waals surface area contributed by atoms with E-state index in [4.69, 9.17) is 0 Å². The third-order valence-electron chi connectivity index (χ3n) is 9.62. The van der Waals surface area contributed by atoms with Crippen molar-refractivity contribution in [3.63, 3.8) is 0 Å². The molecule has 0 aliphatic heterocycles. The third-order valence-corrected chi connectivity index (χ3v) is 9.62. The SMILES string of the molecule is CC1(C)c2ccccc2-c2ccc(-c3ccc4c(c3)-c3cccc5c(-c6ccc7ccccc7c6)ccc-4c35)cc21. The van der Waals surface area contributed by atoms with E-state index < -0.39 is 0 Å². The molecular weight excluding hydrogens is 492 g/mol. The van der Waals surface area contributed by atoms with Crippen molar-refractivity contribution in [2.45, 2.75) is 19.3 Å². The molecule has 7 aromatic rings. The Kier molecular flexibility index (Phi) is 4.49. The summed E-state index contributed by atoms with van der Waals surface area (Å²) in [6, 6.07) is 49.9. The van der Waals surface area contributed by atoms with Crippen molar-refractivity contribution in [2.24, 2.45) is 0 Å². The summed E-state index contributed by atoms with van der Waals surface area (Å²) < 4.78 is 0. The number of fused-ring (bicyclic) bond motifs is 7. The van der Waals surface area contributed by atoms with Crippen LogP contribution in [-0.2, 0) is 5.41 Å². The van der Waals surface area contributed by atoms with Gasteiger partial charge >= 0.3 is 0 Å². The number of hydrogen-bond donors (Lipinski definition) is 0. The van der Waals surface area contributed by atoms with Crippen LogP contribution >= 0.6 is 0 Å². The van der Waals surface area contributed by atoms with E-state index in [-0.39, 0.29) is 5.41 Å². The summed E-state index contributed by atoms with van der Waals surface area (Å²) in [5, 5.41) is 5.25. The van der Waals surface area contributed by atoms with Gasteiger partial charge in [-0.05, 0) is 107 Å². The smallest absolute Gasteiger partial charge is 0.0159 e. The Morgan fingerprint density at radius 2 is 1.00 bits per heavy atom. The molecule has 0 aromatic heterocycles. The highest BCUT2D eigenvalue weighted by atomic mass is 14.4. The topological polar surface area (TPSA) is 0 Å². The van der Waals surface area contributed by atoms with E-state index in [1.165, 1.54) is 88.3 Å². The van der Waals surface area contributed by atoms with Crippen LogP contribution in [0.4, 0.5) is 0 Å². The molecule has 0 N–H and O–H groups in total.